The third kappa shape index (κ3) is 7.84. The molecule has 0 radical (unpaired) electrons. The van der Waals surface area contributed by atoms with E-state index in [1.165, 1.54) is 6.07 Å². The summed E-state index contributed by atoms with van der Waals surface area (Å²) < 4.78 is 14.0. The summed E-state index contributed by atoms with van der Waals surface area (Å²) in [6, 6.07) is 13.5. The molecule has 4 rings (SSSR count). The molecule has 0 saturated carbocycles. The van der Waals surface area contributed by atoms with Crippen LogP contribution >= 0.6 is 0 Å². The number of benzene rings is 2. The maximum Gasteiger partial charge on any atom is 0.300 e. The van der Waals surface area contributed by atoms with Crippen molar-refractivity contribution in [3.05, 3.63) is 76.9 Å². The average molecular weight is 512 g/mol. The molecule has 11 nitrogen and oxygen atoms in total. The van der Waals surface area contributed by atoms with Gasteiger partial charge in [-0.25, -0.2) is 4.39 Å². The van der Waals surface area contributed by atoms with Crippen LogP contribution in [-0.4, -0.2) is 61.6 Å². The Labute approximate surface area is 213 Å². The van der Waals surface area contributed by atoms with Gasteiger partial charge in [0.25, 0.3) is 11.9 Å². The van der Waals surface area contributed by atoms with Gasteiger partial charge in [0.2, 0.25) is 17.7 Å². The third-order valence-electron chi connectivity index (χ3n) is 5.77. The number of amides is 2. The highest BCUT2D eigenvalue weighted by molar-refractivity contribution is 5.90. The topological polar surface area (TPSA) is 180 Å². The molecule has 3 aromatic rings. The number of anilines is 1. The number of carbonyl (C=O) groups excluding carboxylic acids is 2. The van der Waals surface area contributed by atoms with Crippen molar-refractivity contribution in [3.63, 3.8) is 0 Å². The Bertz CT molecular complexity index is 1250. The number of hydrogen-bond acceptors (Lipinski definition) is 7. The lowest BCUT2D eigenvalue weighted by molar-refractivity contribution is -0.135. The highest BCUT2D eigenvalue weighted by Crippen LogP contribution is 2.24. The molecule has 196 valence electrons. The van der Waals surface area contributed by atoms with E-state index >= 15 is 0 Å². The smallest absolute Gasteiger partial charge is 0.300 e. The molecule has 2 aromatic carbocycles. The number of fused-ring (bicyclic) bond motifs is 1. The van der Waals surface area contributed by atoms with E-state index < -0.39 is 17.9 Å². The van der Waals surface area contributed by atoms with Gasteiger partial charge in [-0.2, -0.15) is 4.98 Å². The number of H-pyrrole nitrogens is 1. The Kier molecular flexibility index (Phi) is 9.27. The lowest BCUT2D eigenvalue weighted by Crippen LogP contribution is -2.51. The Morgan fingerprint density at radius 2 is 1.84 bits per heavy atom. The van der Waals surface area contributed by atoms with E-state index in [1.54, 1.807) is 23.1 Å². The van der Waals surface area contributed by atoms with E-state index in [-0.39, 0.29) is 48.9 Å². The van der Waals surface area contributed by atoms with Crippen molar-refractivity contribution >= 4 is 23.7 Å². The van der Waals surface area contributed by atoms with E-state index in [0.29, 0.717) is 18.5 Å². The van der Waals surface area contributed by atoms with E-state index in [0.717, 1.165) is 18.1 Å². The zero-order valence-corrected chi connectivity index (χ0v) is 20.4. The number of rotatable bonds is 7. The molecule has 12 heteroatoms. The monoisotopic (exact) mass is 511 g/mol. The SMILES string of the molecule is CC(=O)O.Nc1n[nH]c(C(=O)NCC2Cc3ccccc3CN2C(=O)C[C@H](N)Cc2ccccc2F)n1. The summed E-state index contributed by atoms with van der Waals surface area (Å²) in [6.07, 6.45) is 0.917. The van der Waals surface area contributed by atoms with Crippen molar-refractivity contribution in [2.45, 2.75) is 44.8 Å². The fourth-order valence-electron chi connectivity index (χ4n) is 4.09. The van der Waals surface area contributed by atoms with Crippen molar-refractivity contribution in [2.75, 3.05) is 12.3 Å². The number of aromatic nitrogens is 3. The maximum absolute atomic E-state index is 14.0. The number of nitrogens with two attached hydrogens (primary N) is 2. The summed E-state index contributed by atoms with van der Waals surface area (Å²) in [5.41, 5.74) is 14.3. The number of aliphatic carboxylic acids is 1. The van der Waals surface area contributed by atoms with Crippen LogP contribution in [-0.2, 0) is 29.0 Å². The molecular formula is C25H30FN7O4. The van der Waals surface area contributed by atoms with Crippen LogP contribution in [0.3, 0.4) is 0 Å². The summed E-state index contributed by atoms with van der Waals surface area (Å²) in [4.78, 5) is 40.1. The molecule has 0 bridgehead atoms. The number of aromatic amines is 1. The Hall–Kier alpha value is -4.32. The van der Waals surface area contributed by atoms with Gasteiger partial charge in [0.15, 0.2) is 0 Å². The quantitative estimate of drug-likeness (QED) is 0.314. The maximum atomic E-state index is 14.0. The number of halogens is 1. The lowest BCUT2D eigenvalue weighted by Gasteiger charge is -2.37. The number of carbonyl (C=O) groups is 3. The van der Waals surface area contributed by atoms with Crippen LogP contribution in [0.1, 0.15) is 40.7 Å². The van der Waals surface area contributed by atoms with Crippen molar-refractivity contribution < 1.29 is 23.9 Å². The van der Waals surface area contributed by atoms with Gasteiger partial charge in [-0.15, -0.1) is 5.10 Å². The summed E-state index contributed by atoms with van der Waals surface area (Å²) in [6.45, 7) is 1.72. The molecule has 0 fully saturated rings. The Morgan fingerprint density at radius 1 is 1.19 bits per heavy atom. The summed E-state index contributed by atoms with van der Waals surface area (Å²) in [5.74, 6) is -1.78. The molecule has 1 unspecified atom stereocenters. The van der Waals surface area contributed by atoms with Gasteiger partial charge in [-0.1, -0.05) is 42.5 Å². The second kappa shape index (κ2) is 12.6. The first kappa shape index (κ1) is 27.3. The summed E-state index contributed by atoms with van der Waals surface area (Å²) in [5, 5.41) is 16.3. The van der Waals surface area contributed by atoms with Gasteiger partial charge in [0, 0.05) is 32.5 Å². The van der Waals surface area contributed by atoms with Crippen LogP contribution in [0.25, 0.3) is 0 Å². The molecule has 0 spiro atoms. The standard InChI is InChI=1S/C23H26FN7O2.C2H4O2/c24-19-8-4-3-6-15(19)9-17(25)11-20(32)31-13-16-7-2-1-5-14(16)10-18(31)12-27-22(33)21-28-23(26)30-29-21;1-2(3)4/h1-8,17-18H,9-13,25H2,(H,27,33)(H3,26,28,29,30);1H3,(H,3,4)/t17-,18?;/m1./s1. The van der Waals surface area contributed by atoms with Crippen LogP contribution in [0.5, 0.6) is 0 Å². The van der Waals surface area contributed by atoms with Crippen molar-refractivity contribution in [2.24, 2.45) is 5.73 Å². The average Bonchev–Trinajstić information content (AvgIpc) is 3.29. The molecule has 0 saturated heterocycles. The Balaban J connectivity index is 0.000000886. The number of carboxylic acid groups (broad SMARTS) is 1. The molecular weight excluding hydrogens is 481 g/mol. The minimum absolute atomic E-state index is 0.00787. The van der Waals surface area contributed by atoms with Gasteiger partial charge in [-0.3, -0.25) is 19.5 Å². The van der Waals surface area contributed by atoms with Gasteiger partial charge in [-0.05, 0) is 35.6 Å². The normalized spacial score (nSPS) is 15.1. The minimum atomic E-state index is -0.833. The molecule has 1 aromatic heterocycles. The van der Waals surface area contributed by atoms with Gasteiger partial charge in [0.1, 0.15) is 5.82 Å². The van der Waals surface area contributed by atoms with Gasteiger partial charge >= 0.3 is 0 Å². The zero-order valence-electron chi connectivity index (χ0n) is 20.4. The van der Waals surface area contributed by atoms with Crippen molar-refractivity contribution in [1.82, 2.24) is 25.4 Å². The van der Waals surface area contributed by atoms with Crippen LogP contribution in [0.2, 0.25) is 0 Å². The molecule has 7 N–H and O–H groups in total. The molecule has 2 heterocycles. The van der Waals surface area contributed by atoms with Crippen LogP contribution in [0, 0.1) is 5.82 Å². The Morgan fingerprint density at radius 3 is 2.49 bits per heavy atom. The minimum Gasteiger partial charge on any atom is -0.481 e. The fraction of sp³-hybridized carbons (Fsp3) is 0.320. The second-order valence-electron chi connectivity index (χ2n) is 8.68. The predicted molar refractivity (Wildman–Crippen MR) is 134 cm³/mol. The first-order valence-corrected chi connectivity index (χ1v) is 11.6. The van der Waals surface area contributed by atoms with Crippen LogP contribution in [0.4, 0.5) is 10.3 Å². The largest absolute Gasteiger partial charge is 0.481 e. The highest BCUT2D eigenvalue weighted by Gasteiger charge is 2.31. The molecule has 37 heavy (non-hydrogen) atoms. The molecule has 1 aliphatic rings. The summed E-state index contributed by atoms with van der Waals surface area (Å²) >= 11 is 0. The first-order valence-electron chi connectivity index (χ1n) is 11.6. The number of carboxylic acids is 1. The number of nitrogen functional groups attached to an aromatic ring is 1. The van der Waals surface area contributed by atoms with Gasteiger partial charge in [0.05, 0.1) is 6.04 Å². The molecule has 2 amide bonds. The van der Waals surface area contributed by atoms with E-state index in [1.807, 2.05) is 24.3 Å². The van der Waals surface area contributed by atoms with Gasteiger partial charge < -0.3 is 26.8 Å². The number of nitrogens with zero attached hydrogens (tertiary/aromatic N) is 3. The summed E-state index contributed by atoms with van der Waals surface area (Å²) in [7, 11) is 0. The predicted octanol–water partition coefficient (Wildman–Crippen LogP) is 1.26. The van der Waals surface area contributed by atoms with Crippen molar-refractivity contribution in [1.29, 1.82) is 0 Å². The molecule has 2 atom stereocenters. The number of hydrogen-bond donors (Lipinski definition) is 5. The van der Waals surface area contributed by atoms with Crippen LogP contribution < -0.4 is 16.8 Å². The van der Waals surface area contributed by atoms with E-state index in [9.17, 15) is 14.0 Å². The lowest BCUT2D eigenvalue weighted by atomic mass is 9.93. The zero-order chi connectivity index (χ0) is 26.9. The first-order chi connectivity index (χ1) is 17.6. The second-order valence-corrected chi connectivity index (χ2v) is 8.68. The van der Waals surface area contributed by atoms with E-state index in [4.69, 9.17) is 21.4 Å². The van der Waals surface area contributed by atoms with E-state index in [2.05, 4.69) is 20.5 Å². The van der Waals surface area contributed by atoms with Crippen molar-refractivity contribution in [3.8, 4) is 0 Å². The highest BCUT2D eigenvalue weighted by atomic mass is 19.1. The number of nitrogens with one attached hydrogen (secondary N) is 2. The molecule has 0 aliphatic carbocycles. The molecule has 1 aliphatic heterocycles. The fourth-order valence-corrected chi connectivity index (χ4v) is 4.09. The third-order valence-corrected chi connectivity index (χ3v) is 5.77. The van der Waals surface area contributed by atoms with Crippen LogP contribution in [0.15, 0.2) is 48.5 Å².